The average molecular weight is 499 g/mol. The Morgan fingerprint density at radius 1 is 1.12 bits per heavy atom. The molecule has 0 fully saturated rings. The predicted molar refractivity (Wildman–Crippen MR) is 132 cm³/mol. The summed E-state index contributed by atoms with van der Waals surface area (Å²) in [5.74, 6) is 0.441. The fourth-order valence-corrected chi connectivity index (χ4v) is 5.71. The maximum Gasteiger partial charge on any atom is 0.325 e. The summed E-state index contributed by atoms with van der Waals surface area (Å²) in [7, 11) is -3.27. The summed E-state index contributed by atoms with van der Waals surface area (Å²) >= 11 is 1.53. The number of fused-ring (bicyclic) bond motifs is 1. The summed E-state index contributed by atoms with van der Waals surface area (Å²) in [6, 6.07) is 12.9. The molecule has 0 aliphatic carbocycles. The van der Waals surface area contributed by atoms with Crippen molar-refractivity contribution in [1.82, 2.24) is 9.72 Å². The van der Waals surface area contributed by atoms with Crippen molar-refractivity contribution in [3.63, 3.8) is 0 Å². The van der Waals surface area contributed by atoms with Crippen molar-refractivity contribution in [3.05, 3.63) is 59.6 Å². The van der Waals surface area contributed by atoms with Gasteiger partial charge in [0.2, 0.25) is 0 Å². The van der Waals surface area contributed by atoms with Crippen LogP contribution in [0.4, 0.5) is 0 Å². The fourth-order valence-electron chi connectivity index (χ4n) is 4.04. The van der Waals surface area contributed by atoms with Crippen molar-refractivity contribution in [2.75, 3.05) is 12.9 Å². The van der Waals surface area contributed by atoms with Gasteiger partial charge in [-0.2, -0.15) is 0 Å². The molecule has 4 aromatic rings. The molecule has 34 heavy (non-hydrogen) atoms. The predicted octanol–water partition coefficient (Wildman–Crippen LogP) is 5.34. The van der Waals surface area contributed by atoms with E-state index in [4.69, 9.17) is 9.26 Å². The molecule has 0 aliphatic heterocycles. The SMILES string of the molecule is CCOC(=O)Cn1c(C)c(Sc2ccc(S(C)(=O)=O)cc2)c2cc(-c3c(C)noc3C)ccc21. The van der Waals surface area contributed by atoms with Crippen LogP contribution in [0.2, 0.25) is 0 Å². The van der Waals surface area contributed by atoms with E-state index in [1.165, 1.54) is 18.0 Å². The molecule has 0 atom stereocenters. The highest BCUT2D eigenvalue weighted by Gasteiger charge is 2.20. The van der Waals surface area contributed by atoms with Gasteiger partial charge < -0.3 is 13.8 Å². The van der Waals surface area contributed by atoms with Crippen LogP contribution in [-0.4, -0.2) is 37.0 Å². The summed E-state index contributed by atoms with van der Waals surface area (Å²) in [6.07, 6.45) is 1.19. The number of carbonyl (C=O) groups is 1. The Kier molecular flexibility index (Phi) is 6.60. The number of hydrogen-bond donors (Lipinski definition) is 0. The van der Waals surface area contributed by atoms with Crippen molar-refractivity contribution >= 4 is 38.5 Å². The molecular formula is C25H26N2O5S2. The molecule has 0 bridgehead atoms. The second-order valence-corrected chi connectivity index (χ2v) is 11.2. The van der Waals surface area contributed by atoms with E-state index in [9.17, 15) is 13.2 Å². The van der Waals surface area contributed by atoms with Gasteiger partial charge in [0, 0.05) is 38.2 Å². The molecule has 0 radical (unpaired) electrons. The van der Waals surface area contributed by atoms with E-state index in [0.717, 1.165) is 49.0 Å². The zero-order valence-electron chi connectivity index (χ0n) is 19.7. The zero-order valence-corrected chi connectivity index (χ0v) is 21.3. The molecule has 0 amide bonds. The minimum absolute atomic E-state index is 0.106. The lowest BCUT2D eigenvalue weighted by Gasteiger charge is -2.08. The van der Waals surface area contributed by atoms with E-state index < -0.39 is 9.84 Å². The van der Waals surface area contributed by atoms with Crippen LogP contribution in [0, 0.1) is 20.8 Å². The number of nitrogens with zero attached hydrogens (tertiary/aromatic N) is 2. The molecule has 0 aliphatic rings. The maximum atomic E-state index is 12.3. The number of hydrogen-bond acceptors (Lipinski definition) is 7. The third-order valence-electron chi connectivity index (χ3n) is 5.65. The van der Waals surface area contributed by atoms with Crippen LogP contribution in [0.5, 0.6) is 0 Å². The van der Waals surface area contributed by atoms with Crippen molar-refractivity contribution < 1.29 is 22.5 Å². The first-order valence-electron chi connectivity index (χ1n) is 10.8. The fraction of sp³-hybridized carbons (Fsp3) is 0.280. The molecule has 0 saturated heterocycles. The second-order valence-electron chi connectivity index (χ2n) is 8.08. The van der Waals surface area contributed by atoms with Gasteiger partial charge in [0.1, 0.15) is 12.3 Å². The van der Waals surface area contributed by atoms with E-state index in [1.54, 1.807) is 31.2 Å². The van der Waals surface area contributed by atoms with Crippen molar-refractivity contribution in [2.45, 2.75) is 48.9 Å². The Bertz CT molecular complexity index is 1460. The van der Waals surface area contributed by atoms with Crippen molar-refractivity contribution in [3.8, 4) is 11.1 Å². The number of sulfone groups is 1. The normalized spacial score (nSPS) is 11.8. The van der Waals surface area contributed by atoms with Crippen molar-refractivity contribution in [2.24, 2.45) is 0 Å². The topological polar surface area (TPSA) is 91.4 Å². The molecule has 178 valence electrons. The molecule has 2 aromatic carbocycles. The van der Waals surface area contributed by atoms with E-state index >= 15 is 0 Å². The molecule has 4 rings (SSSR count). The van der Waals surface area contributed by atoms with Gasteiger partial charge in [-0.05, 0) is 69.7 Å². The maximum absolute atomic E-state index is 12.3. The third kappa shape index (κ3) is 4.63. The Morgan fingerprint density at radius 3 is 2.41 bits per heavy atom. The van der Waals surface area contributed by atoms with Gasteiger partial charge in [-0.1, -0.05) is 23.0 Å². The van der Waals surface area contributed by atoms with Crippen LogP contribution in [-0.2, 0) is 25.9 Å². The average Bonchev–Trinajstić information content (AvgIpc) is 3.24. The molecule has 2 heterocycles. The van der Waals surface area contributed by atoms with E-state index in [-0.39, 0.29) is 17.4 Å². The molecule has 9 heteroatoms. The summed E-state index contributed by atoms with van der Waals surface area (Å²) in [4.78, 5) is 14.5. The van der Waals surface area contributed by atoms with Crippen LogP contribution in [0.25, 0.3) is 22.0 Å². The van der Waals surface area contributed by atoms with Crippen LogP contribution >= 0.6 is 11.8 Å². The third-order valence-corrected chi connectivity index (χ3v) is 8.01. The largest absolute Gasteiger partial charge is 0.465 e. The highest BCUT2D eigenvalue weighted by molar-refractivity contribution is 7.99. The van der Waals surface area contributed by atoms with Gasteiger partial charge in [-0.25, -0.2) is 8.42 Å². The lowest BCUT2D eigenvalue weighted by atomic mass is 10.0. The number of aryl methyl sites for hydroxylation is 2. The van der Waals surface area contributed by atoms with Gasteiger partial charge in [-0.3, -0.25) is 4.79 Å². The van der Waals surface area contributed by atoms with Gasteiger partial charge in [0.25, 0.3) is 0 Å². The van der Waals surface area contributed by atoms with Crippen LogP contribution in [0.15, 0.2) is 61.7 Å². The lowest BCUT2D eigenvalue weighted by molar-refractivity contribution is -0.143. The Hall–Kier alpha value is -3.04. The van der Waals surface area contributed by atoms with E-state index in [1.807, 2.05) is 37.5 Å². The summed E-state index contributed by atoms with van der Waals surface area (Å²) < 4.78 is 36.2. The summed E-state index contributed by atoms with van der Waals surface area (Å²) in [6.45, 7) is 7.98. The van der Waals surface area contributed by atoms with Crippen molar-refractivity contribution in [1.29, 1.82) is 0 Å². The summed E-state index contributed by atoms with van der Waals surface area (Å²) in [5.41, 5.74) is 4.58. The minimum Gasteiger partial charge on any atom is -0.465 e. The van der Waals surface area contributed by atoms with Crippen LogP contribution in [0.1, 0.15) is 24.1 Å². The number of aromatic nitrogens is 2. The second kappa shape index (κ2) is 9.31. The quantitative estimate of drug-likeness (QED) is 0.318. The number of carbonyl (C=O) groups excluding carboxylic acids is 1. The zero-order chi connectivity index (χ0) is 24.6. The first-order chi connectivity index (χ1) is 16.1. The van der Waals surface area contributed by atoms with Gasteiger partial charge in [0.05, 0.1) is 17.2 Å². The molecule has 0 N–H and O–H groups in total. The number of ether oxygens (including phenoxy) is 1. The Balaban J connectivity index is 1.85. The van der Waals surface area contributed by atoms with Crippen LogP contribution < -0.4 is 0 Å². The van der Waals surface area contributed by atoms with Gasteiger partial charge >= 0.3 is 5.97 Å². The van der Waals surface area contributed by atoms with E-state index in [2.05, 4.69) is 11.2 Å². The molecule has 0 spiro atoms. The minimum atomic E-state index is -3.27. The number of benzene rings is 2. The van der Waals surface area contributed by atoms with Crippen LogP contribution in [0.3, 0.4) is 0 Å². The first-order valence-corrected chi connectivity index (χ1v) is 13.5. The smallest absolute Gasteiger partial charge is 0.325 e. The molecule has 2 aromatic heterocycles. The lowest BCUT2D eigenvalue weighted by Crippen LogP contribution is -2.14. The number of esters is 1. The monoisotopic (exact) mass is 498 g/mol. The van der Waals surface area contributed by atoms with E-state index in [0.29, 0.717) is 6.61 Å². The Morgan fingerprint density at radius 2 is 1.82 bits per heavy atom. The number of rotatable bonds is 7. The molecule has 7 nitrogen and oxygen atoms in total. The first kappa shape index (κ1) is 24.1. The Labute approximate surface area is 203 Å². The molecular weight excluding hydrogens is 472 g/mol. The van der Waals surface area contributed by atoms with Gasteiger partial charge in [-0.15, -0.1) is 0 Å². The summed E-state index contributed by atoms with van der Waals surface area (Å²) in [5, 5.41) is 5.06. The highest BCUT2D eigenvalue weighted by atomic mass is 32.2. The molecule has 0 unspecified atom stereocenters. The van der Waals surface area contributed by atoms with Gasteiger partial charge in [0.15, 0.2) is 9.84 Å². The highest BCUT2D eigenvalue weighted by Crippen LogP contribution is 2.41. The molecule has 0 saturated carbocycles. The standard InChI is InChI=1S/C25H26N2O5S2/c1-6-31-23(28)14-27-16(3)25(33-19-8-10-20(11-9-19)34(5,29)30)21-13-18(7-12-22(21)27)24-15(2)26-32-17(24)4/h7-13H,6,14H2,1-5H3.